The van der Waals surface area contributed by atoms with Gasteiger partial charge in [0.1, 0.15) is 12.4 Å². The maximum absolute atomic E-state index is 13.0. The molecule has 0 aliphatic rings. The van der Waals surface area contributed by atoms with Gasteiger partial charge in [0, 0.05) is 7.11 Å². The zero-order chi connectivity index (χ0) is 12.8. The van der Waals surface area contributed by atoms with Crippen LogP contribution in [0.2, 0.25) is 0 Å². The number of carbonyl (C=O) groups excluding carboxylic acids is 2. The van der Waals surface area contributed by atoms with Crippen molar-refractivity contribution >= 4 is 17.6 Å². The summed E-state index contributed by atoms with van der Waals surface area (Å²) in [6.07, 6.45) is 0. The van der Waals surface area contributed by atoms with E-state index < -0.39 is 17.7 Å². The molecule has 0 saturated carbocycles. The van der Waals surface area contributed by atoms with Crippen molar-refractivity contribution in [1.82, 2.24) is 0 Å². The molecule has 0 aliphatic carbocycles. The normalized spacial score (nSPS) is 9.82. The number of amides is 1. The number of halogens is 1. The van der Waals surface area contributed by atoms with E-state index in [0.717, 1.165) is 12.1 Å². The number of nitrogens with one attached hydrogen (secondary N) is 1. The average Bonchev–Trinajstić information content (AvgIpc) is 2.28. The van der Waals surface area contributed by atoms with Gasteiger partial charge in [0.15, 0.2) is 0 Å². The first-order valence-corrected chi connectivity index (χ1v) is 4.75. The Morgan fingerprint density at radius 3 is 2.65 bits per heavy atom. The van der Waals surface area contributed by atoms with Crippen LogP contribution < -0.4 is 5.32 Å². The molecule has 1 aromatic carbocycles. The highest BCUT2D eigenvalue weighted by molar-refractivity contribution is 6.01. The summed E-state index contributed by atoms with van der Waals surface area (Å²) in [5.41, 5.74) is 0.136. The number of hydrogen-bond acceptors (Lipinski definition) is 4. The maximum Gasteiger partial charge on any atom is 0.339 e. The van der Waals surface area contributed by atoms with Gasteiger partial charge in [0.05, 0.1) is 18.4 Å². The molecule has 0 bridgehead atoms. The van der Waals surface area contributed by atoms with Crippen LogP contribution >= 0.6 is 0 Å². The van der Waals surface area contributed by atoms with Crippen LogP contribution in [0.15, 0.2) is 18.2 Å². The molecule has 0 aromatic heterocycles. The molecule has 1 rings (SSSR count). The Balaban J connectivity index is 2.99. The van der Waals surface area contributed by atoms with Crippen molar-refractivity contribution < 1.29 is 23.5 Å². The highest BCUT2D eigenvalue weighted by Crippen LogP contribution is 2.18. The Morgan fingerprint density at radius 2 is 2.06 bits per heavy atom. The molecular formula is C11H12FNO4. The number of ether oxygens (including phenoxy) is 2. The van der Waals surface area contributed by atoms with Crippen molar-refractivity contribution in [2.75, 3.05) is 26.1 Å². The molecule has 17 heavy (non-hydrogen) atoms. The first kappa shape index (κ1) is 13.1. The summed E-state index contributed by atoms with van der Waals surface area (Å²) >= 11 is 0. The lowest BCUT2D eigenvalue weighted by Crippen LogP contribution is -2.19. The molecule has 1 N–H and O–H groups in total. The van der Waals surface area contributed by atoms with Gasteiger partial charge in [-0.2, -0.15) is 0 Å². The summed E-state index contributed by atoms with van der Waals surface area (Å²) in [4.78, 5) is 22.6. The standard InChI is InChI=1S/C11H12FNO4/c1-16-6-10(14)13-9-5-7(12)3-4-8(9)11(15)17-2/h3-5H,6H2,1-2H3,(H,13,14). The van der Waals surface area contributed by atoms with Crippen molar-refractivity contribution in [1.29, 1.82) is 0 Å². The third-order valence-corrected chi connectivity index (χ3v) is 1.94. The Morgan fingerprint density at radius 1 is 1.35 bits per heavy atom. The molecule has 6 heteroatoms. The molecule has 0 spiro atoms. The van der Waals surface area contributed by atoms with E-state index in [1.54, 1.807) is 0 Å². The summed E-state index contributed by atoms with van der Waals surface area (Å²) < 4.78 is 22.1. The number of anilines is 1. The van der Waals surface area contributed by atoms with Gasteiger partial charge in [0.25, 0.3) is 0 Å². The molecule has 0 saturated heterocycles. The predicted octanol–water partition coefficient (Wildman–Crippen LogP) is 1.20. The summed E-state index contributed by atoms with van der Waals surface area (Å²) in [5, 5.41) is 2.36. The van der Waals surface area contributed by atoms with E-state index in [4.69, 9.17) is 0 Å². The van der Waals surface area contributed by atoms with Crippen LogP contribution in [0, 0.1) is 5.82 Å². The highest BCUT2D eigenvalue weighted by atomic mass is 19.1. The van der Waals surface area contributed by atoms with E-state index >= 15 is 0 Å². The summed E-state index contributed by atoms with van der Waals surface area (Å²) in [5.74, 6) is -1.70. The average molecular weight is 241 g/mol. The van der Waals surface area contributed by atoms with E-state index in [9.17, 15) is 14.0 Å². The van der Waals surface area contributed by atoms with Crippen molar-refractivity contribution in [3.8, 4) is 0 Å². The number of rotatable bonds is 4. The second-order valence-electron chi connectivity index (χ2n) is 3.16. The quantitative estimate of drug-likeness (QED) is 0.804. The Labute approximate surface area is 97.5 Å². The summed E-state index contributed by atoms with van der Waals surface area (Å²) in [7, 11) is 2.55. The van der Waals surface area contributed by atoms with Crippen LogP contribution in [0.5, 0.6) is 0 Å². The summed E-state index contributed by atoms with van der Waals surface area (Å²) in [6, 6.07) is 3.39. The first-order chi connectivity index (χ1) is 8.08. The molecule has 0 atom stereocenters. The van der Waals surface area contributed by atoms with Crippen LogP contribution in [0.4, 0.5) is 10.1 Å². The van der Waals surface area contributed by atoms with Gasteiger partial charge in [0.2, 0.25) is 5.91 Å². The fourth-order valence-electron chi connectivity index (χ4n) is 1.23. The van der Waals surface area contributed by atoms with Crippen LogP contribution in [-0.4, -0.2) is 32.7 Å². The molecule has 1 aromatic rings. The Kier molecular flexibility index (Phi) is 4.59. The van der Waals surface area contributed by atoms with E-state index in [1.165, 1.54) is 20.3 Å². The molecule has 1 amide bonds. The minimum Gasteiger partial charge on any atom is -0.465 e. The number of methoxy groups -OCH3 is 2. The van der Waals surface area contributed by atoms with Crippen molar-refractivity contribution in [2.45, 2.75) is 0 Å². The molecule has 0 radical (unpaired) electrons. The lowest BCUT2D eigenvalue weighted by Gasteiger charge is -2.09. The van der Waals surface area contributed by atoms with E-state index in [1.807, 2.05) is 0 Å². The van der Waals surface area contributed by atoms with Crippen molar-refractivity contribution in [3.63, 3.8) is 0 Å². The number of benzene rings is 1. The van der Waals surface area contributed by atoms with E-state index in [-0.39, 0.29) is 17.9 Å². The zero-order valence-corrected chi connectivity index (χ0v) is 9.45. The third kappa shape index (κ3) is 3.53. The molecule has 0 aliphatic heterocycles. The van der Waals surface area contributed by atoms with Crippen molar-refractivity contribution in [2.24, 2.45) is 0 Å². The van der Waals surface area contributed by atoms with Gasteiger partial charge in [-0.3, -0.25) is 4.79 Å². The number of carbonyl (C=O) groups is 2. The minimum atomic E-state index is -0.655. The molecule has 0 heterocycles. The first-order valence-electron chi connectivity index (χ1n) is 4.75. The van der Waals surface area contributed by atoms with Crippen LogP contribution in [0.3, 0.4) is 0 Å². The molecule has 92 valence electrons. The smallest absolute Gasteiger partial charge is 0.339 e. The van der Waals surface area contributed by atoms with Crippen LogP contribution in [0.1, 0.15) is 10.4 Å². The van der Waals surface area contributed by atoms with Gasteiger partial charge < -0.3 is 14.8 Å². The van der Waals surface area contributed by atoms with Gasteiger partial charge in [-0.1, -0.05) is 0 Å². The fraction of sp³-hybridized carbons (Fsp3) is 0.273. The van der Waals surface area contributed by atoms with E-state index in [0.29, 0.717) is 0 Å². The van der Waals surface area contributed by atoms with Crippen molar-refractivity contribution in [3.05, 3.63) is 29.6 Å². The number of esters is 1. The Hall–Kier alpha value is -1.95. The van der Waals surface area contributed by atoms with Crippen LogP contribution in [0.25, 0.3) is 0 Å². The zero-order valence-electron chi connectivity index (χ0n) is 9.45. The molecule has 0 fully saturated rings. The summed E-state index contributed by atoms with van der Waals surface area (Å²) in [6.45, 7) is -0.183. The third-order valence-electron chi connectivity index (χ3n) is 1.94. The van der Waals surface area contributed by atoms with Crippen LogP contribution in [-0.2, 0) is 14.3 Å². The van der Waals surface area contributed by atoms with E-state index in [2.05, 4.69) is 14.8 Å². The van der Waals surface area contributed by atoms with Gasteiger partial charge in [-0.15, -0.1) is 0 Å². The largest absolute Gasteiger partial charge is 0.465 e. The predicted molar refractivity (Wildman–Crippen MR) is 58.2 cm³/mol. The second-order valence-corrected chi connectivity index (χ2v) is 3.16. The molecule has 5 nitrogen and oxygen atoms in total. The maximum atomic E-state index is 13.0. The lowest BCUT2D eigenvalue weighted by atomic mass is 10.1. The fourth-order valence-corrected chi connectivity index (χ4v) is 1.23. The van der Waals surface area contributed by atoms with Gasteiger partial charge >= 0.3 is 5.97 Å². The van der Waals surface area contributed by atoms with Gasteiger partial charge in [-0.25, -0.2) is 9.18 Å². The topological polar surface area (TPSA) is 64.6 Å². The SMILES string of the molecule is COCC(=O)Nc1cc(F)ccc1C(=O)OC. The lowest BCUT2D eigenvalue weighted by molar-refractivity contribution is -0.119. The monoisotopic (exact) mass is 241 g/mol. The second kappa shape index (κ2) is 5.95. The minimum absolute atomic E-state index is 0.0545. The Bertz CT molecular complexity index is 433. The molecule has 0 unspecified atom stereocenters. The van der Waals surface area contributed by atoms with Gasteiger partial charge in [-0.05, 0) is 18.2 Å². The molecular weight excluding hydrogens is 229 g/mol. The highest BCUT2D eigenvalue weighted by Gasteiger charge is 2.14. The number of hydrogen-bond donors (Lipinski definition) is 1.